The molecular formula is C15H12O5. The zero-order valence-corrected chi connectivity index (χ0v) is 10.5. The van der Waals surface area contributed by atoms with E-state index < -0.39 is 11.9 Å². The molecule has 2 aromatic rings. The van der Waals surface area contributed by atoms with E-state index in [0.717, 1.165) is 0 Å². The van der Waals surface area contributed by atoms with E-state index in [-0.39, 0.29) is 17.9 Å². The van der Waals surface area contributed by atoms with Gasteiger partial charge in [-0.1, -0.05) is 30.3 Å². The zero-order valence-electron chi connectivity index (χ0n) is 10.5. The van der Waals surface area contributed by atoms with Crippen LogP contribution in [0.1, 0.15) is 10.4 Å². The summed E-state index contributed by atoms with van der Waals surface area (Å²) in [5, 5.41) is 8.96. The minimum atomic E-state index is -1.16. The summed E-state index contributed by atoms with van der Waals surface area (Å²) in [5.74, 6) is -1.28. The van der Waals surface area contributed by atoms with Crippen LogP contribution in [-0.2, 0) is 4.79 Å². The molecule has 5 nitrogen and oxygen atoms in total. The Morgan fingerprint density at radius 1 is 0.950 bits per heavy atom. The van der Waals surface area contributed by atoms with Crippen LogP contribution in [0.4, 0.5) is 0 Å². The number of rotatable bonds is 5. The minimum Gasteiger partial charge on any atom is -0.482 e. The van der Waals surface area contributed by atoms with Crippen molar-refractivity contribution in [2.75, 3.05) is 6.61 Å². The first-order valence-corrected chi connectivity index (χ1v) is 5.87. The summed E-state index contributed by atoms with van der Waals surface area (Å²) in [7, 11) is 0. The van der Waals surface area contributed by atoms with Crippen LogP contribution in [0.3, 0.4) is 0 Å². The first-order chi connectivity index (χ1) is 9.66. The Labute approximate surface area is 115 Å². The Kier molecular flexibility index (Phi) is 4.34. The fraction of sp³-hybridized carbons (Fsp3) is 0.0667. The minimum absolute atomic E-state index is 0.00154. The molecule has 0 radical (unpaired) electrons. The lowest BCUT2D eigenvalue weighted by Crippen LogP contribution is -2.19. The molecule has 0 saturated heterocycles. The van der Waals surface area contributed by atoms with Gasteiger partial charge in [-0.15, -0.1) is 0 Å². The Balaban J connectivity index is 1.97. The van der Waals surface area contributed by atoms with Gasteiger partial charge < -0.3 is 14.6 Å². The fourth-order valence-electron chi connectivity index (χ4n) is 1.54. The standard InChI is InChI=1S/C15H12O5/c16-14(10-19-11-6-2-1-3-7-11)20-13-9-5-4-8-12(13)15(17)18/h1-9H,10H2,(H,17,18). The number of carbonyl (C=O) groups is 2. The topological polar surface area (TPSA) is 72.8 Å². The number of hydrogen-bond donors (Lipinski definition) is 1. The summed E-state index contributed by atoms with van der Waals surface area (Å²) in [5.41, 5.74) is -0.0689. The van der Waals surface area contributed by atoms with Gasteiger partial charge in [-0.3, -0.25) is 0 Å². The Morgan fingerprint density at radius 3 is 2.30 bits per heavy atom. The van der Waals surface area contributed by atoms with Crippen molar-refractivity contribution >= 4 is 11.9 Å². The quantitative estimate of drug-likeness (QED) is 0.668. The number of para-hydroxylation sites is 2. The Hall–Kier alpha value is -2.82. The van der Waals surface area contributed by atoms with Crippen LogP contribution in [0.5, 0.6) is 11.5 Å². The molecule has 20 heavy (non-hydrogen) atoms. The highest BCUT2D eigenvalue weighted by molar-refractivity contribution is 5.92. The van der Waals surface area contributed by atoms with E-state index in [2.05, 4.69) is 0 Å². The van der Waals surface area contributed by atoms with Crippen LogP contribution >= 0.6 is 0 Å². The smallest absolute Gasteiger partial charge is 0.349 e. The highest BCUT2D eigenvalue weighted by atomic mass is 16.6. The first kappa shape index (κ1) is 13.6. The zero-order chi connectivity index (χ0) is 14.4. The summed E-state index contributed by atoms with van der Waals surface area (Å²) in [6.07, 6.45) is 0. The molecule has 0 heterocycles. The predicted octanol–water partition coefficient (Wildman–Crippen LogP) is 2.37. The van der Waals surface area contributed by atoms with Gasteiger partial charge >= 0.3 is 11.9 Å². The van der Waals surface area contributed by atoms with Crippen molar-refractivity contribution in [1.29, 1.82) is 0 Å². The molecule has 1 N–H and O–H groups in total. The SMILES string of the molecule is O=C(COc1ccccc1)Oc1ccccc1C(=O)O. The molecule has 0 unspecified atom stereocenters. The fourth-order valence-corrected chi connectivity index (χ4v) is 1.54. The van der Waals surface area contributed by atoms with Crippen LogP contribution in [0, 0.1) is 0 Å². The van der Waals surface area contributed by atoms with Crippen LogP contribution in [0.2, 0.25) is 0 Å². The maximum atomic E-state index is 11.6. The lowest BCUT2D eigenvalue weighted by molar-refractivity contribution is -0.136. The van der Waals surface area contributed by atoms with Crippen molar-refractivity contribution in [3.8, 4) is 11.5 Å². The number of ether oxygens (including phenoxy) is 2. The summed E-state index contributed by atoms with van der Waals surface area (Å²) < 4.78 is 10.2. The molecule has 2 rings (SSSR count). The second-order valence-corrected chi connectivity index (χ2v) is 3.88. The Morgan fingerprint density at radius 2 is 1.60 bits per heavy atom. The van der Waals surface area contributed by atoms with Gasteiger partial charge in [0.05, 0.1) is 0 Å². The lowest BCUT2D eigenvalue weighted by Gasteiger charge is -2.08. The molecule has 5 heteroatoms. The molecule has 0 aliphatic heterocycles. The highest BCUT2D eigenvalue weighted by Crippen LogP contribution is 2.18. The van der Waals surface area contributed by atoms with E-state index >= 15 is 0 Å². The molecule has 0 bridgehead atoms. The molecular weight excluding hydrogens is 260 g/mol. The number of aromatic carboxylic acids is 1. The number of esters is 1. The number of carboxylic acid groups (broad SMARTS) is 1. The van der Waals surface area contributed by atoms with Gasteiger partial charge in [0.25, 0.3) is 0 Å². The van der Waals surface area contributed by atoms with Gasteiger partial charge in [0, 0.05) is 0 Å². The molecule has 0 aromatic heterocycles. The van der Waals surface area contributed by atoms with E-state index in [1.807, 2.05) is 6.07 Å². The van der Waals surface area contributed by atoms with Gasteiger partial charge in [0.15, 0.2) is 6.61 Å². The molecule has 0 saturated carbocycles. The predicted molar refractivity (Wildman–Crippen MR) is 71.0 cm³/mol. The largest absolute Gasteiger partial charge is 0.482 e. The number of benzene rings is 2. The average Bonchev–Trinajstić information content (AvgIpc) is 2.46. The summed E-state index contributed by atoms with van der Waals surface area (Å²) >= 11 is 0. The maximum Gasteiger partial charge on any atom is 0.349 e. The lowest BCUT2D eigenvalue weighted by atomic mass is 10.2. The van der Waals surface area contributed by atoms with Crippen molar-refractivity contribution in [1.82, 2.24) is 0 Å². The number of carbonyl (C=O) groups excluding carboxylic acids is 1. The van der Waals surface area contributed by atoms with E-state index in [0.29, 0.717) is 5.75 Å². The van der Waals surface area contributed by atoms with Gasteiger partial charge in [-0.05, 0) is 24.3 Å². The highest BCUT2D eigenvalue weighted by Gasteiger charge is 2.14. The van der Waals surface area contributed by atoms with E-state index in [1.54, 1.807) is 36.4 Å². The third kappa shape index (κ3) is 3.58. The summed E-state index contributed by atoms with van der Waals surface area (Å²) in [6, 6.07) is 14.7. The molecule has 102 valence electrons. The number of hydrogen-bond acceptors (Lipinski definition) is 4. The van der Waals surface area contributed by atoms with E-state index in [9.17, 15) is 9.59 Å². The van der Waals surface area contributed by atoms with Crippen molar-refractivity contribution in [3.63, 3.8) is 0 Å². The van der Waals surface area contributed by atoms with Crippen LogP contribution in [0.15, 0.2) is 54.6 Å². The summed E-state index contributed by atoms with van der Waals surface area (Å²) in [6.45, 7) is -0.294. The van der Waals surface area contributed by atoms with E-state index in [4.69, 9.17) is 14.6 Å². The maximum absolute atomic E-state index is 11.6. The average molecular weight is 272 g/mol. The summed E-state index contributed by atoms with van der Waals surface area (Å²) in [4.78, 5) is 22.6. The normalized spacial score (nSPS) is 9.80. The van der Waals surface area contributed by atoms with Crippen molar-refractivity contribution in [3.05, 3.63) is 60.2 Å². The first-order valence-electron chi connectivity index (χ1n) is 5.87. The second-order valence-electron chi connectivity index (χ2n) is 3.88. The molecule has 0 atom stereocenters. The molecule has 0 spiro atoms. The Bertz CT molecular complexity index is 607. The van der Waals surface area contributed by atoms with Crippen molar-refractivity contribution in [2.24, 2.45) is 0 Å². The molecule has 0 amide bonds. The van der Waals surface area contributed by atoms with Gasteiger partial charge in [-0.2, -0.15) is 0 Å². The third-order valence-corrected chi connectivity index (χ3v) is 2.44. The van der Waals surface area contributed by atoms with Crippen LogP contribution in [-0.4, -0.2) is 23.7 Å². The second kappa shape index (κ2) is 6.38. The molecule has 0 aliphatic carbocycles. The monoisotopic (exact) mass is 272 g/mol. The molecule has 0 aliphatic rings. The van der Waals surface area contributed by atoms with Gasteiger partial charge in [0.2, 0.25) is 0 Å². The van der Waals surface area contributed by atoms with Crippen molar-refractivity contribution < 1.29 is 24.2 Å². The molecule has 2 aromatic carbocycles. The van der Waals surface area contributed by atoms with Gasteiger partial charge in [-0.25, -0.2) is 9.59 Å². The number of carboxylic acids is 1. The van der Waals surface area contributed by atoms with E-state index in [1.165, 1.54) is 12.1 Å². The van der Waals surface area contributed by atoms with Gasteiger partial charge in [0.1, 0.15) is 17.1 Å². The van der Waals surface area contributed by atoms with Crippen LogP contribution in [0.25, 0.3) is 0 Å². The van der Waals surface area contributed by atoms with Crippen LogP contribution < -0.4 is 9.47 Å². The third-order valence-electron chi connectivity index (χ3n) is 2.44. The van der Waals surface area contributed by atoms with Crippen molar-refractivity contribution in [2.45, 2.75) is 0 Å². The molecule has 0 fully saturated rings.